The van der Waals surface area contributed by atoms with Gasteiger partial charge in [-0.15, -0.1) is 0 Å². The number of hydrogen-bond acceptors (Lipinski definition) is 3. The van der Waals surface area contributed by atoms with Gasteiger partial charge in [0.05, 0.1) is 10.7 Å². The molecule has 23 heavy (non-hydrogen) atoms. The van der Waals surface area contributed by atoms with E-state index in [0.29, 0.717) is 41.8 Å². The number of hydrogen-bond donors (Lipinski definition) is 3. The average Bonchev–Trinajstić information content (AvgIpc) is 3.00. The van der Waals surface area contributed by atoms with Crippen LogP contribution in [0.3, 0.4) is 0 Å². The van der Waals surface area contributed by atoms with Crippen molar-refractivity contribution in [2.75, 3.05) is 37.6 Å². The number of carbonyl (C=O) groups excluding carboxylic acids is 2. The van der Waals surface area contributed by atoms with Gasteiger partial charge in [-0.2, -0.15) is 0 Å². The van der Waals surface area contributed by atoms with E-state index in [-0.39, 0.29) is 11.9 Å². The summed E-state index contributed by atoms with van der Waals surface area (Å²) in [6.45, 7) is 3.80. The van der Waals surface area contributed by atoms with Gasteiger partial charge in [0.2, 0.25) is 0 Å². The molecule has 2 fully saturated rings. The van der Waals surface area contributed by atoms with Crippen molar-refractivity contribution in [2.24, 2.45) is 5.92 Å². The maximum Gasteiger partial charge on any atom is 0.322 e. The lowest BCUT2D eigenvalue weighted by Crippen LogP contribution is -2.38. The highest BCUT2D eigenvalue weighted by atomic mass is 35.5. The zero-order valence-electron chi connectivity index (χ0n) is 12.9. The van der Waals surface area contributed by atoms with Gasteiger partial charge in [0.15, 0.2) is 0 Å². The van der Waals surface area contributed by atoms with Crippen LogP contribution in [0.1, 0.15) is 23.2 Å². The van der Waals surface area contributed by atoms with Crippen LogP contribution in [0.25, 0.3) is 0 Å². The van der Waals surface area contributed by atoms with Crippen LogP contribution in [0.4, 0.5) is 10.5 Å². The topological polar surface area (TPSA) is 73.5 Å². The van der Waals surface area contributed by atoms with Crippen molar-refractivity contribution in [3.63, 3.8) is 0 Å². The molecular formula is C16H21ClN4O2. The van der Waals surface area contributed by atoms with Gasteiger partial charge in [0, 0.05) is 25.2 Å². The Kier molecular flexibility index (Phi) is 5.03. The minimum atomic E-state index is -0.183. The van der Waals surface area contributed by atoms with Gasteiger partial charge in [-0.1, -0.05) is 11.6 Å². The molecule has 1 aromatic rings. The lowest BCUT2D eigenvalue weighted by Gasteiger charge is -2.23. The second-order valence-electron chi connectivity index (χ2n) is 5.97. The fourth-order valence-electron chi connectivity index (χ4n) is 3.00. The largest absolute Gasteiger partial charge is 0.352 e. The predicted molar refractivity (Wildman–Crippen MR) is 90.1 cm³/mol. The van der Waals surface area contributed by atoms with E-state index in [4.69, 9.17) is 11.6 Å². The zero-order valence-corrected chi connectivity index (χ0v) is 13.7. The Hall–Kier alpha value is -1.79. The summed E-state index contributed by atoms with van der Waals surface area (Å²) in [6.07, 6.45) is 2.28. The molecule has 0 aromatic heterocycles. The van der Waals surface area contributed by atoms with Crippen LogP contribution >= 0.6 is 11.6 Å². The summed E-state index contributed by atoms with van der Waals surface area (Å²) in [5, 5.41) is 9.51. The Morgan fingerprint density at radius 2 is 2.26 bits per heavy atom. The molecule has 6 nitrogen and oxygen atoms in total. The SMILES string of the molecule is O=C(NCC1CCCNC1)c1ccc(Cl)c(N2CCNC2=O)c1. The summed E-state index contributed by atoms with van der Waals surface area (Å²) < 4.78 is 0. The number of rotatable bonds is 4. The van der Waals surface area contributed by atoms with E-state index in [0.717, 1.165) is 25.9 Å². The molecule has 2 aliphatic heterocycles. The number of urea groups is 1. The van der Waals surface area contributed by atoms with Crippen molar-refractivity contribution in [1.29, 1.82) is 0 Å². The van der Waals surface area contributed by atoms with E-state index in [1.165, 1.54) is 0 Å². The fourth-order valence-corrected chi connectivity index (χ4v) is 3.22. The van der Waals surface area contributed by atoms with Crippen molar-refractivity contribution in [2.45, 2.75) is 12.8 Å². The van der Waals surface area contributed by atoms with E-state index < -0.39 is 0 Å². The number of nitrogens with one attached hydrogen (secondary N) is 3. The van der Waals surface area contributed by atoms with Crippen molar-refractivity contribution in [3.05, 3.63) is 28.8 Å². The zero-order chi connectivity index (χ0) is 16.2. The van der Waals surface area contributed by atoms with Crippen LogP contribution in [0.15, 0.2) is 18.2 Å². The second kappa shape index (κ2) is 7.19. The molecule has 1 aromatic carbocycles. The molecule has 1 unspecified atom stereocenters. The Balaban J connectivity index is 1.67. The van der Waals surface area contributed by atoms with Gasteiger partial charge in [0.1, 0.15) is 0 Å². The Morgan fingerprint density at radius 1 is 1.39 bits per heavy atom. The smallest absolute Gasteiger partial charge is 0.322 e. The lowest BCUT2D eigenvalue weighted by atomic mass is 9.99. The highest BCUT2D eigenvalue weighted by Crippen LogP contribution is 2.28. The quantitative estimate of drug-likeness (QED) is 0.782. The summed E-state index contributed by atoms with van der Waals surface area (Å²) in [5.41, 5.74) is 1.10. The molecule has 0 radical (unpaired) electrons. The summed E-state index contributed by atoms with van der Waals surface area (Å²) in [4.78, 5) is 25.7. The first-order valence-electron chi connectivity index (χ1n) is 7.99. The molecule has 0 spiro atoms. The number of carbonyl (C=O) groups is 2. The number of piperidine rings is 1. The summed E-state index contributed by atoms with van der Waals surface area (Å²) in [5.74, 6) is 0.344. The minimum absolute atomic E-state index is 0.131. The molecule has 124 valence electrons. The first-order valence-corrected chi connectivity index (χ1v) is 8.37. The second-order valence-corrected chi connectivity index (χ2v) is 6.38. The van der Waals surface area contributed by atoms with E-state index in [1.54, 1.807) is 23.1 Å². The van der Waals surface area contributed by atoms with Gasteiger partial charge >= 0.3 is 6.03 Å². The molecule has 2 aliphatic rings. The first kappa shape index (κ1) is 16.1. The van der Waals surface area contributed by atoms with Gasteiger partial charge in [-0.25, -0.2) is 4.79 Å². The summed E-state index contributed by atoms with van der Waals surface area (Å²) in [6, 6.07) is 4.85. The molecule has 3 N–H and O–H groups in total. The molecule has 0 aliphatic carbocycles. The molecule has 1 atom stereocenters. The molecule has 3 rings (SSSR count). The van der Waals surface area contributed by atoms with Crippen LogP contribution in [-0.4, -0.2) is 44.7 Å². The monoisotopic (exact) mass is 336 g/mol. The lowest BCUT2D eigenvalue weighted by molar-refractivity contribution is 0.0945. The standard InChI is InChI=1S/C16H21ClN4O2/c17-13-4-3-12(8-14(13)21-7-6-19-16(21)23)15(22)20-10-11-2-1-5-18-9-11/h3-4,8,11,18H,1-2,5-7,9-10H2,(H,19,23)(H,20,22). The maximum atomic E-state index is 12.4. The van der Waals surface area contributed by atoms with E-state index >= 15 is 0 Å². The fraction of sp³-hybridized carbons (Fsp3) is 0.500. The van der Waals surface area contributed by atoms with Crippen molar-refractivity contribution < 1.29 is 9.59 Å². The number of anilines is 1. The van der Waals surface area contributed by atoms with E-state index in [1.807, 2.05) is 0 Å². The maximum absolute atomic E-state index is 12.4. The van der Waals surface area contributed by atoms with Gasteiger partial charge in [0.25, 0.3) is 5.91 Å². The van der Waals surface area contributed by atoms with Gasteiger partial charge in [-0.05, 0) is 50.0 Å². The molecule has 0 saturated carbocycles. The number of nitrogens with zero attached hydrogens (tertiary/aromatic N) is 1. The minimum Gasteiger partial charge on any atom is -0.352 e. The van der Waals surface area contributed by atoms with Gasteiger partial charge in [-0.3, -0.25) is 9.69 Å². The van der Waals surface area contributed by atoms with Crippen LogP contribution in [-0.2, 0) is 0 Å². The molecule has 2 heterocycles. The number of amides is 3. The highest BCUT2D eigenvalue weighted by Gasteiger charge is 2.24. The highest BCUT2D eigenvalue weighted by molar-refractivity contribution is 6.34. The molecule has 2 saturated heterocycles. The van der Waals surface area contributed by atoms with Crippen molar-refractivity contribution >= 4 is 29.2 Å². The van der Waals surface area contributed by atoms with Crippen LogP contribution < -0.4 is 20.9 Å². The Morgan fingerprint density at radius 3 is 2.96 bits per heavy atom. The van der Waals surface area contributed by atoms with E-state index in [9.17, 15) is 9.59 Å². The third-order valence-electron chi connectivity index (χ3n) is 4.31. The van der Waals surface area contributed by atoms with Crippen LogP contribution in [0, 0.1) is 5.92 Å². The summed E-state index contributed by atoms with van der Waals surface area (Å²) in [7, 11) is 0. The van der Waals surface area contributed by atoms with Crippen molar-refractivity contribution in [1.82, 2.24) is 16.0 Å². The van der Waals surface area contributed by atoms with Gasteiger partial charge < -0.3 is 16.0 Å². The molecule has 3 amide bonds. The van der Waals surface area contributed by atoms with Crippen LogP contribution in [0.2, 0.25) is 5.02 Å². The third kappa shape index (κ3) is 3.76. The Labute approximate surface area is 140 Å². The Bertz CT molecular complexity index is 602. The normalized spacial score (nSPS) is 21.2. The third-order valence-corrected chi connectivity index (χ3v) is 4.63. The van der Waals surface area contributed by atoms with Crippen LogP contribution in [0.5, 0.6) is 0 Å². The molecule has 0 bridgehead atoms. The molecular weight excluding hydrogens is 316 g/mol. The van der Waals surface area contributed by atoms with E-state index in [2.05, 4.69) is 16.0 Å². The van der Waals surface area contributed by atoms with Crippen molar-refractivity contribution in [3.8, 4) is 0 Å². The summed E-state index contributed by atoms with van der Waals surface area (Å²) >= 11 is 6.18. The number of halogens is 1. The average molecular weight is 337 g/mol. The number of benzene rings is 1. The predicted octanol–water partition coefficient (Wildman–Crippen LogP) is 1.60. The first-order chi connectivity index (χ1) is 11.1. The molecule has 7 heteroatoms.